The average molecular weight is 472 g/mol. The van der Waals surface area contributed by atoms with Crippen molar-refractivity contribution in [1.29, 1.82) is 0 Å². The van der Waals surface area contributed by atoms with Crippen LogP contribution in [0.5, 0.6) is 0 Å². The molecule has 2 aromatic heterocycles. The molecule has 1 saturated heterocycles. The molecule has 1 atom stereocenters. The molecule has 3 aromatic rings. The maximum Gasteiger partial charge on any atom is 0.434 e. The monoisotopic (exact) mass is 470 g/mol. The third-order valence-electron chi connectivity index (χ3n) is 4.90. The Labute approximate surface area is 185 Å². The highest BCUT2D eigenvalue weighted by Gasteiger charge is 2.26. The van der Waals surface area contributed by atoms with Gasteiger partial charge in [-0.1, -0.05) is 23.2 Å². The Hall–Kier alpha value is -2.46. The molecule has 158 valence electrons. The number of carbonyl (C=O) groups is 1. The molecule has 1 fully saturated rings. The summed E-state index contributed by atoms with van der Waals surface area (Å²) in [4.78, 5) is 31.9. The second-order valence-corrected chi connectivity index (χ2v) is 7.87. The van der Waals surface area contributed by atoms with E-state index in [0.717, 1.165) is 18.7 Å². The quantitative estimate of drug-likeness (QED) is 0.423. The summed E-state index contributed by atoms with van der Waals surface area (Å²) < 4.78 is 5.05. The number of aromatic nitrogens is 3. The van der Waals surface area contributed by atoms with Crippen molar-refractivity contribution in [3.05, 3.63) is 50.2 Å². The van der Waals surface area contributed by atoms with Crippen molar-refractivity contribution in [3.8, 4) is 11.5 Å². The normalized spacial score (nSPS) is 16.3. The number of amides is 1. The van der Waals surface area contributed by atoms with Gasteiger partial charge in [-0.25, -0.2) is 14.7 Å². The number of aromatic amines is 2. The van der Waals surface area contributed by atoms with E-state index in [9.17, 15) is 9.59 Å². The minimum atomic E-state index is -0.648. The molecule has 0 saturated carbocycles. The highest BCUT2D eigenvalue weighted by atomic mass is 35.5. The maximum absolute atomic E-state index is 12.8. The smallest absolute Gasteiger partial charge is 0.388 e. The number of halogens is 3. The van der Waals surface area contributed by atoms with Crippen molar-refractivity contribution in [2.75, 3.05) is 23.3 Å². The standard InChI is InChI=1S/C18H17Cl3N6O3/c1-8-13(19)14(20)15(22-8)16(28)23-11-3-2-9(17-25-26-18(29)30-17)6-12(11)27-5-4-10(7-27)24-21/h2-3,6,10,22,24H,4-5,7H2,1H3,(H,23,28)(H,26,29)/t10-/m0/s1. The number of hydrogen-bond donors (Lipinski definition) is 4. The number of hydrogen-bond acceptors (Lipinski definition) is 6. The lowest BCUT2D eigenvalue weighted by Crippen LogP contribution is -2.27. The number of nitrogens with one attached hydrogen (secondary N) is 4. The number of carbonyl (C=O) groups excluding carboxylic acids is 1. The minimum Gasteiger partial charge on any atom is -0.388 e. The molecule has 9 nitrogen and oxygen atoms in total. The van der Waals surface area contributed by atoms with Crippen LogP contribution in [-0.4, -0.2) is 40.2 Å². The van der Waals surface area contributed by atoms with Gasteiger partial charge >= 0.3 is 5.76 Å². The van der Waals surface area contributed by atoms with E-state index in [-0.39, 0.29) is 22.6 Å². The molecule has 1 aliphatic heterocycles. The SMILES string of the molecule is Cc1[nH]c(C(=O)Nc2ccc(-c3n[nH]c(=O)o3)cc2N2CC[C@H](NCl)C2)c(Cl)c1Cl. The van der Waals surface area contributed by atoms with Gasteiger partial charge < -0.3 is 19.6 Å². The molecule has 1 amide bonds. The van der Waals surface area contributed by atoms with E-state index in [1.165, 1.54) is 0 Å². The lowest BCUT2D eigenvalue weighted by atomic mass is 10.1. The average Bonchev–Trinajstić information content (AvgIpc) is 3.45. The van der Waals surface area contributed by atoms with Crippen molar-refractivity contribution in [3.63, 3.8) is 0 Å². The molecule has 12 heteroatoms. The number of aryl methyl sites for hydroxylation is 1. The second kappa shape index (κ2) is 8.35. The van der Waals surface area contributed by atoms with E-state index >= 15 is 0 Å². The molecule has 30 heavy (non-hydrogen) atoms. The molecule has 0 unspecified atom stereocenters. The van der Waals surface area contributed by atoms with Crippen LogP contribution in [0, 0.1) is 6.92 Å². The molecule has 0 aliphatic carbocycles. The molecule has 0 radical (unpaired) electrons. The van der Waals surface area contributed by atoms with Crippen LogP contribution in [0.15, 0.2) is 27.4 Å². The molecular formula is C18H17Cl3N6O3. The number of benzene rings is 1. The predicted molar refractivity (Wildman–Crippen MR) is 116 cm³/mol. The Balaban J connectivity index is 1.70. The molecular weight excluding hydrogens is 455 g/mol. The first-order chi connectivity index (χ1) is 14.4. The van der Waals surface area contributed by atoms with Gasteiger partial charge in [-0.05, 0) is 43.3 Å². The summed E-state index contributed by atoms with van der Waals surface area (Å²) in [6.07, 6.45) is 0.829. The fraction of sp³-hybridized carbons (Fsp3) is 0.278. The number of anilines is 2. The zero-order chi connectivity index (χ0) is 21.4. The Morgan fingerprint density at radius 2 is 2.13 bits per heavy atom. The molecule has 1 aliphatic rings. The zero-order valence-corrected chi connectivity index (χ0v) is 18.0. The largest absolute Gasteiger partial charge is 0.434 e. The van der Waals surface area contributed by atoms with Crippen LogP contribution in [0.4, 0.5) is 11.4 Å². The van der Waals surface area contributed by atoms with Crippen LogP contribution < -0.4 is 20.8 Å². The van der Waals surface area contributed by atoms with E-state index in [1.54, 1.807) is 25.1 Å². The first kappa shape index (κ1) is 20.8. The Bertz CT molecular complexity index is 1150. The van der Waals surface area contributed by atoms with Crippen LogP contribution >= 0.6 is 35.0 Å². The molecule has 0 spiro atoms. The van der Waals surface area contributed by atoms with Gasteiger partial charge in [0.05, 0.1) is 21.4 Å². The summed E-state index contributed by atoms with van der Waals surface area (Å²) in [6.45, 7) is 3.08. The Kier molecular flexibility index (Phi) is 5.79. The third-order valence-corrected chi connectivity index (χ3v) is 6.15. The highest BCUT2D eigenvalue weighted by molar-refractivity contribution is 6.44. The zero-order valence-electron chi connectivity index (χ0n) is 15.7. The lowest BCUT2D eigenvalue weighted by molar-refractivity contribution is 0.102. The molecule has 3 heterocycles. The Morgan fingerprint density at radius 1 is 1.33 bits per heavy atom. The number of nitrogens with zero attached hydrogens (tertiary/aromatic N) is 2. The highest BCUT2D eigenvalue weighted by Crippen LogP contribution is 2.35. The van der Waals surface area contributed by atoms with E-state index in [2.05, 4.69) is 30.2 Å². The van der Waals surface area contributed by atoms with Crippen molar-refractivity contribution in [2.24, 2.45) is 0 Å². The van der Waals surface area contributed by atoms with E-state index < -0.39 is 11.7 Å². The summed E-state index contributed by atoms with van der Waals surface area (Å²) in [6, 6.07) is 5.30. The topological polar surface area (TPSA) is 119 Å². The van der Waals surface area contributed by atoms with Crippen LogP contribution in [-0.2, 0) is 0 Å². The van der Waals surface area contributed by atoms with E-state index in [0.29, 0.717) is 28.5 Å². The first-order valence-corrected chi connectivity index (χ1v) is 10.2. The molecule has 0 bridgehead atoms. The lowest BCUT2D eigenvalue weighted by Gasteiger charge is -2.22. The van der Waals surface area contributed by atoms with Crippen molar-refractivity contribution >= 4 is 52.3 Å². The van der Waals surface area contributed by atoms with E-state index in [4.69, 9.17) is 39.4 Å². The van der Waals surface area contributed by atoms with Gasteiger partial charge in [0.1, 0.15) is 5.69 Å². The molecule has 4 N–H and O–H groups in total. The van der Waals surface area contributed by atoms with Crippen molar-refractivity contribution in [2.45, 2.75) is 19.4 Å². The summed E-state index contributed by atoms with van der Waals surface area (Å²) in [7, 11) is 0. The fourth-order valence-corrected chi connectivity index (χ4v) is 3.96. The summed E-state index contributed by atoms with van der Waals surface area (Å²) in [5.74, 6) is -0.924. The Morgan fingerprint density at radius 3 is 2.73 bits per heavy atom. The minimum absolute atomic E-state index is 0.0986. The first-order valence-electron chi connectivity index (χ1n) is 9.03. The predicted octanol–water partition coefficient (Wildman–Crippen LogP) is 3.55. The van der Waals surface area contributed by atoms with Crippen LogP contribution in [0.25, 0.3) is 11.5 Å². The second-order valence-electron chi connectivity index (χ2n) is 6.90. The maximum atomic E-state index is 12.8. The van der Waals surface area contributed by atoms with E-state index in [1.807, 2.05) is 0 Å². The third kappa shape index (κ3) is 3.93. The van der Waals surface area contributed by atoms with Gasteiger partial charge in [-0.3, -0.25) is 4.79 Å². The van der Waals surface area contributed by atoms with Gasteiger partial charge in [0.25, 0.3) is 5.91 Å². The molecule has 1 aromatic carbocycles. The van der Waals surface area contributed by atoms with Crippen molar-refractivity contribution in [1.82, 2.24) is 20.0 Å². The van der Waals surface area contributed by atoms with Gasteiger partial charge in [0.15, 0.2) is 0 Å². The van der Waals surface area contributed by atoms with Crippen molar-refractivity contribution < 1.29 is 9.21 Å². The van der Waals surface area contributed by atoms with Crippen LogP contribution in [0.1, 0.15) is 22.6 Å². The van der Waals surface area contributed by atoms with Gasteiger partial charge in [-0.2, -0.15) is 0 Å². The number of rotatable bonds is 5. The molecule has 4 rings (SSSR count). The van der Waals surface area contributed by atoms with Crippen LogP contribution in [0.2, 0.25) is 10.0 Å². The summed E-state index contributed by atoms with van der Waals surface area (Å²) in [5.41, 5.74) is 2.64. The van der Waals surface area contributed by atoms with Crippen LogP contribution in [0.3, 0.4) is 0 Å². The number of H-pyrrole nitrogens is 2. The van der Waals surface area contributed by atoms with Gasteiger partial charge in [0, 0.05) is 30.4 Å². The van der Waals surface area contributed by atoms with Gasteiger partial charge in [0.2, 0.25) is 5.89 Å². The fourth-order valence-electron chi connectivity index (χ4n) is 3.37. The summed E-state index contributed by atoms with van der Waals surface area (Å²) >= 11 is 18.1. The van der Waals surface area contributed by atoms with Gasteiger partial charge in [-0.15, -0.1) is 5.10 Å². The summed E-state index contributed by atoms with van der Waals surface area (Å²) in [5, 5.41) is 9.45.